The van der Waals surface area contributed by atoms with E-state index in [9.17, 15) is 0 Å². The Morgan fingerprint density at radius 3 is 2.53 bits per heavy atom. The number of rotatable bonds is 3. The Morgan fingerprint density at radius 1 is 1.33 bits per heavy atom. The zero-order chi connectivity index (χ0) is 11.5. The maximum absolute atomic E-state index is 6.53. The zero-order valence-corrected chi connectivity index (χ0v) is 11.1. The highest BCUT2D eigenvalue weighted by Crippen LogP contribution is 2.37. The predicted molar refractivity (Wildman–Crippen MR) is 67.9 cm³/mol. The first-order valence-corrected chi connectivity index (χ1v) is 6.63. The molecule has 0 aromatic carbocycles. The summed E-state index contributed by atoms with van der Waals surface area (Å²) < 4.78 is 0. The van der Waals surface area contributed by atoms with Crippen LogP contribution < -0.4 is 5.73 Å². The van der Waals surface area contributed by atoms with Crippen molar-refractivity contribution >= 4 is 0 Å². The third kappa shape index (κ3) is 4.55. The maximum atomic E-state index is 6.53. The quantitative estimate of drug-likeness (QED) is 0.747. The van der Waals surface area contributed by atoms with Gasteiger partial charge in [-0.3, -0.25) is 0 Å². The third-order valence-corrected chi connectivity index (χ3v) is 3.93. The summed E-state index contributed by atoms with van der Waals surface area (Å²) in [6.45, 7) is 9.25. The van der Waals surface area contributed by atoms with Crippen molar-refractivity contribution < 1.29 is 0 Å². The molecule has 1 fully saturated rings. The van der Waals surface area contributed by atoms with Gasteiger partial charge in [-0.15, -0.1) is 0 Å². The Balaban J connectivity index is 2.43. The highest BCUT2D eigenvalue weighted by Gasteiger charge is 2.32. The molecule has 0 aromatic heterocycles. The molecule has 2 atom stereocenters. The molecule has 0 aliphatic heterocycles. The molecule has 0 bridgehead atoms. The molecular formula is C14H29N. The van der Waals surface area contributed by atoms with E-state index in [1.54, 1.807) is 0 Å². The van der Waals surface area contributed by atoms with Crippen LogP contribution in [-0.4, -0.2) is 5.54 Å². The average Bonchev–Trinajstić information content (AvgIpc) is 2.14. The van der Waals surface area contributed by atoms with Crippen LogP contribution in [0.25, 0.3) is 0 Å². The van der Waals surface area contributed by atoms with Crippen LogP contribution in [-0.2, 0) is 0 Å². The molecule has 1 heteroatoms. The van der Waals surface area contributed by atoms with Gasteiger partial charge >= 0.3 is 0 Å². The highest BCUT2D eigenvalue weighted by atomic mass is 14.7. The van der Waals surface area contributed by atoms with Gasteiger partial charge < -0.3 is 5.73 Å². The number of hydrogen-bond acceptors (Lipinski definition) is 1. The Kier molecular flexibility index (Phi) is 4.22. The van der Waals surface area contributed by atoms with Crippen molar-refractivity contribution in [1.29, 1.82) is 0 Å². The van der Waals surface area contributed by atoms with Crippen molar-refractivity contribution in [3.05, 3.63) is 0 Å². The van der Waals surface area contributed by atoms with Gasteiger partial charge in [0.25, 0.3) is 0 Å². The van der Waals surface area contributed by atoms with Crippen LogP contribution in [0, 0.1) is 11.3 Å². The Morgan fingerprint density at radius 2 is 2.00 bits per heavy atom. The number of hydrogen-bond donors (Lipinski definition) is 1. The van der Waals surface area contributed by atoms with E-state index in [1.165, 1.54) is 44.9 Å². The van der Waals surface area contributed by atoms with Gasteiger partial charge in [0.05, 0.1) is 0 Å². The van der Waals surface area contributed by atoms with E-state index in [2.05, 4.69) is 27.7 Å². The van der Waals surface area contributed by atoms with E-state index < -0.39 is 0 Å². The molecule has 0 heterocycles. The molecular weight excluding hydrogens is 182 g/mol. The SMILES string of the molecule is CCC1CCCC(N)(CCC(C)(C)C)C1. The van der Waals surface area contributed by atoms with Crippen LogP contribution in [0.4, 0.5) is 0 Å². The summed E-state index contributed by atoms with van der Waals surface area (Å²) in [6, 6.07) is 0. The molecule has 1 aliphatic rings. The maximum Gasteiger partial charge on any atom is 0.0157 e. The minimum Gasteiger partial charge on any atom is -0.325 e. The predicted octanol–water partition coefficient (Wildman–Crippen LogP) is 4.11. The molecule has 0 saturated heterocycles. The summed E-state index contributed by atoms with van der Waals surface area (Å²) in [5.41, 5.74) is 7.13. The lowest BCUT2D eigenvalue weighted by molar-refractivity contribution is 0.184. The second-order valence-corrected chi connectivity index (χ2v) is 6.79. The Bertz CT molecular complexity index is 192. The van der Waals surface area contributed by atoms with E-state index in [4.69, 9.17) is 5.73 Å². The molecule has 1 saturated carbocycles. The minimum absolute atomic E-state index is 0.159. The Hall–Kier alpha value is -0.0400. The van der Waals surface area contributed by atoms with Crippen LogP contribution in [0.3, 0.4) is 0 Å². The van der Waals surface area contributed by atoms with Gasteiger partial charge in [-0.1, -0.05) is 47.0 Å². The van der Waals surface area contributed by atoms with Crippen LogP contribution in [0.15, 0.2) is 0 Å². The fourth-order valence-electron chi connectivity index (χ4n) is 2.72. The third-order valence-electron chi connectivity index (χ3n) is 3.93. The molecule has 0 aromatic rings. The highest BCUT2D eigenvalue weighted by molar-refractivity contribution is 4.91. The zero-order valence-electron chi connectivity index (χ0n) is 11.1. The fraction of sp³-hybridized carbons (Fsp3) is 1.00. The van der Waals surface area contributed by atoms with Crippen LogP contribution >= 0.6 is 0 Å². The molecule has 1 rings (SSSR count). The monoisotopic (exact) mass is 211 g/mol. The summed E-state index contributed by atoms with van der Waals surface area (Å²) in [7, 11) is 0. The van der Waals surface area contributed by atoms with Gasteiger partial charge in [-0.2, -0.15) is 0 Å². The topological polar surface area (TPSA) is 26.0 Å². The van der Waals surface area contributed by atoms with Gasteiger partial charge in [-0.25, -0.2) is 0 Å². The molecule has 2 N–H and O–H groups in total. The summed E-state index contributed by atoms with van der Waals surface area (Å²) in [6.07, 6.45) is 9.06. The molecule has 0 amide bonds. The van der Waals surface area contributed by atoms with Crippen molar-refractivity contribution in [1.82, 2.24) is 0 Å². The first-order chi connectivity index (χ1) is 6.85. The second-order valence-electron chi connectivity index (χ2n) is 6.79. The lowest BCUT2D eigenvalue weighted by Gasteiger charge is -2.39. The van der Waals surface area contributed by atoms with Crippen molar-refractivity contribution in [3.63, 3.8) is 0 Å². The van der Waals surface area contributed by atoms with E-state index >= 15 is 0 Å². The fourth-order valence-corrected chi connectivity index (χ4v) is 2.72. The number of nitrogens with two attached hydrogens (primary N) is 1. The van der Waals surface area contributed by atoms with E-state index in [-0.39, 0.29) is 5.54 Å². The van der Waals surface area contributed by atoms with Crippen molar-refractivity contribution in [3.8, 4) is 0 Å². The first-order valence-electron chi connectivity index (χ1n) is 6.63. The molecule has 2 unspecified atom stereocenters. The summed E-state index contributed by atoms with van der Waals surface area (Å²) in [5, 5.41) is 0. The smallest absolute Gasteiger partial charge is 0.0157 e. The first kappa shape index (κ1) is 13.0. The molecule has 90 valence electrons. The average molecular weight is 211 g/mol. The van der Waals surface area contributed by atoms with Gasteiger partial charge in [0.2, 0.25) is 0 Å². The second kappa shape index (κ2) is 4.86. The molecule has 15 heavy (non-hydrogen) atoms. The summed E-state index contributed by atoms with van der Waals surface area (Å²) in [4.78, 5) is 0. The molecule has 0 radical (unpaired) electrons. The molecule has 1 aliphatic carbocycles. The van der Waals surface area contributed by atoms with E-state index in [0.29, 0.717) is 5.41 Å². The lowest BCUT2D eigenvalue weighted by atomic mass is 9.71. The van der Waals surface area contributed by atoms with E-state index in [0.717, 1.165) is 5.92 Å². The normalized spacial score (nSPS) is 33.0. The molecule has 0 spiro atoms. The van der Waals surface area contributed by atoms with Gasteiger partial charge in [0.15, 0.2) is 0 Å². The van der Waals surface area contributed by atoms with Crippen molar-refractivity contribution in [2.24, 2.45) is 17.1 Å². The van der Waals surface area contributed by atoms with E-state index in [1.807, 2.05) is 0 Å². The van der Waals surface area contributed by atoms with Crippen molar-refractivity contribution in [2.45, 2.75) is 78.2 Å². The largest absolute Gasteiger partial charge is 0.325 e. The van der Waals surface area contributed by atoms with Crippen molar-refractivity contribution in [2.75, 3.05) is 0 Å². The van der Waals surface area contributed by atoms with Gasteiger partial charge in [0, 0.05) is 5.54 Å². The van der Waals surface area contributed by atoms with Gasteiger partial charge in [-0.05, 0) is 37.0 Å². The van der Waals surface area contributed by atoms with Crippen LogP contribution in [0.1, 0.15) is 72.6 Å². The standard InChI is InChI=1S/C14H29N/c1-5-12-7-6-8-14(15,11-12)10-9-13(2,3)4/h12H,5-11,15H2,1-4H3. The summed E-state index contributed by atoms with van der Waals surface area (Å²) in [5.74, 6) is 0.892. The van der Waals surface area contributed by atoms with Crippen LogP contribution in [0.2, 0.25) is 0 Å². The Labute approximate surface area is 95.8 Å². The summed E-state index contributed by atoms with van der Waals surface area (Å²) >= 11 is 0. The van der Waals surface area contributed by atoms with Gasteiger partial charge in [0.1, 0.15) is 0 Å². The minimum atomic E-state index is 0.159. The molecule has 1 nitrogen and oxygen atoms in total. The van der Waals surface area contributed by atoms with Crippen LogP contribution in [0.5, 0.6) is 0 Å². The lowest BCUT2D eigenvalue weighted by Crippen LogP contribution is -2.44.